The zero-order valence-electron chi connectivity index (χ0n) is 10.7. The van der Waals surface area contributed by atoms with Gasteiger partial charge in [0.2, 0.25) is 0 Å². The van der Waals surface area contributed by atoms with Crippen molar-refractivity contribution in [1.82, 2.24) is 4.98 Å². The van der Waals surface area contributed by atoms with Crippen molar-refractivity contribution < 1.29 is 13.9 Å². The Morgan fingerprint density at radius 2 is 1.80 bits per heavy atom. The first-order valence-corrected chi connectivity index (χ1v) is 5.99. The molecule has 1 N–H and O–H groups in total. The summed E-state index contributed by atoms with van der Waals surface area (Å²) >= 11 is 0. The quantitative estimate of drug-likeness (QED) is 0.741. The van der Waals surface area contributed by atoms with E-state index in [2.05, 4.69) is 4.98 Å². The molecule has 1 heterocycles. The Kier molecular flexibility index (Phi) is 2.87. The fraction of sp³-hybridized carbons (Fsp3) is 0.0667. The number of hydrogen-bond acceptors (Lipinski definition) is 4. The van der Waals surface area contributed by atoms with Gasteiger partial charge in [-0.05, 0) is 42.5 Å². The van der Waals surface area contributed by atoms with E-state index in [1.807, 2.05) is 0 Å². The minimum Gasteiger partial charge on any atom is -0.497 e. The molecule has 0 unspecified atom stereocenters. The summed E-state index contributed by atoms with van der Waals surface area (Å²) in [6.45, 7) is 0. The van der Waals surface area contributed by atoms with E-state index in [0.29, 0.717) is 28.0 Å². The monoisotopic (exact) mass is 269 g/mol. The van der Waals surface area contributed by atoms with Gasteiger partial charge in [-0.1, -0.05) is 0 Å². The fourth-order valence-electron chi connectivity index (χ4n) is 2.00. The van der Waals surface area contributed by atoms with Crippen LogP contribution in [-0.2, 0) is 0 Å². The molecule has 0 atom stereocenters. The second-order valence-electron chi connectivity index (χ2n) is 4.28. The van der Waals surface area contributed by atoms with Crippen molar-refractivity contribution in [3.8, 4) is 5.75 Å². The van der Waals surface area contributed by atoms with Crippen LogP contribution in [0.1, 0.15) is 15.9 Å². The lowest BCUT2D eigenvalue weighted by Gasteiger charge is -2.03. The number of fused-ring (bicyclic) bond motifs is 1. The summed E-state index contributed by atoms with van der Waals surface area (Å²) in [5.41, 5.74) is 1.95. The first kappa shape index (κ1) is 12.2. The van der Waals surface area contributed by atoms with E-state index in [-0.39, 0.29) is 5.78 Å². The summed E-state index contributed by atoms with van der Waals surface area (Å²) < 4.78 is 10.00. The number of oxazole rings is 1. The lowest BCUT2D eigenvalue weighted by Crippen LogP contribution is -2.00. The van der Waals surface area contributed by atoms with Gasteiger partial charge in [-0.3, -0.25) is 9.78 Å². The highest BCUT2D eigenvalue weighted by Gasteiger charge is 2.11. The molecule has 0 aliphatic heterocycles. The molecular weight excluding hydrogens is 258 g/mol. The number of aromatic amines is 1. The number of carbonyl (C=O) groups is 1. The SMILES string of the molecule is COc1ccc(C(=O)c2ccc3[nH]c(=O)oc3c2)cc1. The number of H-pyrrole nitrogens is 1. The average Bonchev–Trinajstić information content (AvgIpc) is 2.85. The summed E-state index contributed by atoms with van der Waals surface area (Å²) in [5, 5.41) is 0. The highest BCUT2D eigenvalue weighted by molar-refractivity contribution is 6.10. The van der Waals surface area contributed by atoms with Gasteiger partial charge in [0.1, 0.15) is 5.75 Å². The van der Waals surface area contributed by atoms with Crippen molar-refractivity contribution in [2.45, 2.75) is 0 Å². The Labute approximate surface area is 113 Å². The number of carbonyl (C=O) groups excluding carboxylic acids is 1. The van der Waals surface area contributed by atoms with Gasteiger partial charge >= 0.3 is 5.76 Å². The number of aromatic nitrogens is 1. The molecule has 0 aliphatic rings. The van der Waals surface area contributed by atoms with Gasteiger partial charge in [0.05, 0.1) is 12.6 Å². The third-order valence-corrected chi connectivity index (χ3v) is 3.04. The fourth-order valence-corrected chi connectivity index (χ4v) is 2.00. The standard InChI is InChI=1S/C15H11NO4/c1-19-11-5-2-9(3-6-11)14(17)10-4-7-12-13(8-10)20-15(18)16-12/h2-8H,1H3,(H,16,18). The normalized spacial score (nSPS) is 10.7. The molecule has 0 amide bonds. The summed E-state index contributed by atoms with van der Waals surface area (Å²) in [4.78, 5) is 25.9. The molecule has 0 saturated carbocycles. The molecule has 100 valence electrons. The Morgan fingerprint density at radius 3 is 2.50 bits per heavy atom. The van der Waals surface area contributed by atoms with Crippen LogP contribution in [0.25, 0.3) is 11.1 Å². The van der Waals surface area contributed by atoms with Gasteiger partial charge in [0.15, 0.2) is 11.4 Å². The smallest absolute Gasteiger partial charge is 0.417 e. The molecule has 0 fully saturated rings. The van der Waals surface area contributed by atoms with Gasteiger partial charge in [-0.2, -0.15) is 0 Å². The van der Waals surface area contributed by atoms with Crippen LogP contribution in [-0.4, -0.2) is 17.9 Å². The number of rotatable bonds is 3. The molecule has 0 saturated heterocycles. The molecule has 0 bridgehead atoms. The van der Waals surface area contributed by atoms with Gasteiger partial charge < -0.3 is 9.15 Å². The molecule has 3 aromatic rings. The summed E-state index contributed by atoms with van der Waals surface area (Å²) in [6, 6.07) is 11.7. The minimum absolute atomic E-state index is 0.140. The van der Waals surface area contributed by atoms with Crippen LogP contribution in [0.3, 0.4) is 0 Å². The lowest BCUT2D eigenvalue weighted by atomic mass is 10.0. The molecule has 0 spiro atoms. The van der Waals surface area contributed by atoms with Crippen LogP contribution < -0.4 is 10.5 Å². The van der Waals surface area contributed by atoms with E-state index in [1.54, 1.807) is 49.6 Å². The van der Waals surface area contributed by atoms with E-state index in [1.165, 1.54) is 0 Å². The Morgan fingerprint density at radius 1 is 1.10 bits per heavy atom. The highest BCUT2D eigenvalue weighted by atomic mass is 16.5. The Balaban J connectivity index is 2.00. The summed E-state index contributed by atoms with van der Waals surface area (Å²) in [7, 11) is 1.57. The molecular formula is C15H11NO4. The molecule has 5 heteroatoms. The molecule has 1 aromatic heterocycles. The summed E-state index contributed by atoms with van der Waals surface area (Å²) in [5.74, 6) is 0.0149. The van der Waals surface area contributed by atoms with Crippen molar-refractivity contribution in [3.63, 3.8) is 0 Å². The van der Waals surface area contributed by atoms with Crippen LogP contribution in [0.5, 0.6) is 5.75 Å². The number of methoxy groups -OCH3 is 1. The topological polar surface area (TPSA) is 72.3 Å². The third kappa shape index (κ3) is 2.09. The second-order valence-corrected chi connectivity index (χ2v) is 4.28. The number of ketones is 1. The molecule has 20 heavy (non-hydrogen) atoms. The van der Waals surface area contributed by atoms with E-state index >= 15 is 0 Å². The summed E-state index contributed by atoms with van der Waals surface area (Å²) in [6.07, 6.45) is 0. The van der Waals surface area contributed by atoms with Gasteiger partial charge in [-0.25, -0.2) is 4.79 Å². The van der Waals surface area contributed by atoms with E-state index < -0.39 is 5.76 Å². The predicted octanol–water partition coefficient (Wildman–Crippen LogP) is 2.36. The van der Waals surface area contributed by atoms with Crippen molar-refractivity contribution in [2.75, 3.05) is 7.11 Å². The van der Waals surface area contributed by atoms with E-state index in [9.17, 15) is 9.59 Å². The highest BCUT2D eigenvalue weighted by Crippen LogP contribution is 2.18. The number of benzene rings is 2. The average molecular weight is 269 g/mol. The van der Waals surface area contributed by atoms with E-state index in [4.69, 9.17) is 9.15 Å². The van der Waals surface area contributed by atoms with Crippen LogP contribution in [0.4, 0.5) is 0 Å². The number of ether oxygens (including phenoxy) is 1. The maximum atomic E-state index is 12.3. The van der Waals surface area contributed by atoms with Crippen molar-refractivity contribution in [1.29, 1.82) is 0 Å². The molecule has 0 radical (unpaired) electrons. The van der Waals surface area contributed by atoms with Crippen LogP contribution in [0.15, 0.2) is 51.7 Å². The Hall–Kier alpha value is -2.82. The van der Waals surface area contributed by atoms with Crippen LogP contribution >= 0.6 is 0 Å². The zero-order chi connectivity index (χ0) is 14.1. The first-order valence-electron chi connectivity index (χ1n) is 5.99. The van der Waals surface area contributed by atoms with Crippen molar-refractivity contribution in [3.05, 3.63) is 64.1 Å². The Bertz CT molecular complexity index is 827. The molecule has 5 nitrogen and oxygen atoms in total. The van der Waals surface area contributed by atoms with Gasteiger partial charge in [-0.15, -0.1) is 0 Å². The van der Waals surface area contributed by atoms with Crippen LogP contribution in [0.2, 0.25) is 0 Å². The molecule has 2 aromatic carbocycles. The largest absolute Gasteiger partial charge is 0.497 e. The number of nitrogens with one attached hydrogen (secondary N) is 1. The molecule has 3 rings (SSSR count). The van der Waals surface area contributed by atoms with Gasteiger partial charge in [0, 0.05) is 11.1 Å². The maximum absolute atomic E-state index is 12.3. The van der Waals surface area contributed by atoms with Crippen LogP contribution in [0, 0.1) is 0 Å². The van der Waals surface area contributed by atoms with E-state index in [0.717, 1.165) is 0 Å². The minimum atomic E-state index is -0.533. The van der Waals surface area contributed by atoms with Crippen molar-refractivity contribution in [2.24, 2.45) is 0 Å². The number of hydrogen-bond donors (Lipinski definition) is 1. The molecule has 0 aliphatic carbocycles. The van der Waals surface area contributed by atoms with Crippen molar-refractivity contribution >= 4 is 16.9 Å². The third-order valence-electron chi connectivity index (χ3n) is 3.04. The van der Waals surface area contributed by atoms with Gasteiger partial charge in [0.25, 0.3) is 0 Å². The lowest BCUT2D eigenvalue weighted by molar-refractivity contribution is 0.103. The predicted molar refractivity (Wildman–Crippen MR) is 73.3 cm³/mol. The maximum Gasteiger partial charge on any atom is 0.417 e. The second kappa shape index (κ2) is 4.70. The first-order chi connectivity index (χ1) is 9.67. The zero-order valence-corrected chi connectivity index (χ0v) is 10.7.